The Kier molecular flexibility index (Phi) is 7.78. The summed E-state index contributed by atoms with van der Waals surface area (Å²) >= 11 is 0. The van der Waals surface area contributed by atoms with Crippen LogP contribution in [0.3, 0.4) is 0 Å². The van der Waals surface area contributed by atoms with E-state index >= 15 is 0 Å². The Morgan fingerprint density at radius 3 is 2.47 bits per heavy atom. The summed E-state index contributed by atoms with van der Waals surface area (Å²) in [6.07, 6.45) is 0.765. The summed E-state index contributed by atoms with van der Waals surface area (Å²) in [6.45, 7) is 3.39. The number of amides is 4. The molecule has 4 amide bonds. The molecule has 3 aromatic carbocycles. The van der Waals surface area contributed by atoms with Crippen LogP contribution in [0.4, 0.5) is 20.6 Å². The van der Waals surface area contributed by atoms with E-state index in [1.54, 1.807) is 31.9 Å². The third-order valence-electron chi connectivity index (χ3n) is 6.50. The summed E-state index contributed by atoms with van der Waals surface area (Å²) in [6, 6.07) is 18.4. The van der Waals surface area contributed by atoms with Crippen LogP contribution in [0.5, 0.6) is 0 Å². The van der Waals surface area contributed by atoms with Crippen molar-refractivity contribution >= 4 is 29.2 Å². The van der Waals surface area contributed by atoms with Crippen LogP contribution in [-0.2, 0) is 22.6 Å². The minimum atomic E-state index is -1.14. The van der Waals surface area contributed by atoms with Crippen molar-refractivity contribution in [2.24, 2.45) is 5.73 Å². The van der Waals surface area contributed by atoms with Crippen LogP contribution in [-0.4, -0.2) is 36.5 Å². The van der Waals surface area contributed by atoms with Crippen LogP contribution in [0.1, 0.15) is 31.4 Å². The Bertz CT molecular complexity index is 1350. The van der Waals surface area contributed by atoms with Crippen LogP contribution in [0, 0.1) is 5.82 Å². The quantitative estimate of drug-likeness (QED) is 0.396. The molecule has 1 heterocycles. The normalized spacial score (nSPS) is 15.3. The first-order valence-electron chi connectivity index (χ1n) is 12.4. The Morgan fingerprint density at radius 2 is 1.79 bits per heavy atom. The second-order valence-corrected chi connectivity index (χ2v) is 9.93. The predicted octanol–water partition coefficient (Wildman–Crippen LogP) is 3.95. The smallest absolute Gasteiger partial charge is 0.318 e. The van der Waals surface area contributed by atoms with Crippen LogP contribution >= 0.6 is 0 Å². The molecule has 9 heteroatoms. The molecule has 38 heavy (non-hydrogen) atoms. The van der Waals surface area contributed by atoms with Crippen LogP contribution < -0.4 is 26.6 Å². The molecule has 0 unspecified atom stereocenters. The number of para-hydroxylation sites is 1. The van der Waals surface area contributed by atoms with Crippen molar-refractivity contribution < 1.29 is 18.8 Å². The summed E-state index contributed by atoms with van der Waals surface area (Å²) in [5.74, 6) is -1.09. The number of anilines is 2. The van der Waals surface area contributed by atoms with Crippen LogP contribution in [0.2, 0.25) is 0 Å². The minimum absolute atomic E-state index is 0.230. The van der Waals surface area contributed by atoms with Gasteiger partial charge in [0.25, 0.3) is 0 Å². The number of aryl methyl sites for hydroxylation is 1. The lowest BCUT2D eigenvalue weighted by Crippen LogP contribution is -2.56. The first kappa shape index (κ1) is 26.8. The maximum Gasteiger partial charge on any atom is 0.318 e. The first-order chi connectivity index (χ1) is 18.1. The van der Waals surface area contributed by atoms with Crippen molar-refractivity contribution in [2.75, 3.05) is 17.3 Å². The van der Waals surface area contributed by atoms with Gasteiger partial charge in [-0.1, -0.05) is 42.5 Å². The fraction of sp³-hybridized carbons (Fsp3) is 0.276. The molecule has 1 atom stereocenters. The maximum absolute atomic E-state index is 14.1. The van der Waals surface area contributed by atoms with Gasteiger partial charge in [-0.25, -0.2) is 9.18 Å². The van der Waals surface area contributed by atoms with Gasteiger partial charge in [0.05, 0.1) is 17.8 Å². The summed E-state index contributed by atoms with van der Waals surface area (Å²) in [5, 5.41) is 8.15. The van der Waals surface area contributed by atoms with Gasteiger partial charge in [0, 0.05) is 18.3 Å². The summed E-state index contributed by atoms with van der Waals surface area (Å²) in [5.41, 5.74) is 9.36. The molecule has 0 bridgehead atoms. The second kappa shape index (κ2) is 11.0. The lowest BCUT2D eigenvalue weighted by atomic mass is 10.0. The molecule has 3 aromatic rings. The first-order valence-corrected chi connectivity index (χ1v) is 12.4. The van der Waals surface area contributed by atoms with Crippen molar-refractivity contribution in [3.63, 3.8) is 0 Å². The number of halogens is 1. The van der Waals surface area contributed by atoms with Crippen molar-refractivity contribution in [1.82, 2.24) is 10.6 Å². The van der Waals surface area contributed by atoms with E-state index in [-0.39, 0.29) is 24.3 Å². The van der Waals surface area contributed by atoms with Gasteiger partial charge in [0.2, 0.25) is 11.8 Å². The zero-order chi connectivity index (χ0) is 27.4. The third kappa shape index (κ3) is 6.00. The molecular weight excluding hydrogens is 485 g/mol. The van der Waals surface area contributed by atoms with E-state index in [0.29, 0.717) is 29.8 Å². The predicted molar refractivity (Wildman–Crippen MR) is 146 cm³/mol. The van der Waals surface area contributed by atoms with Crippen molar-refractivity contribution in [2.45, 2.75) is 44.8 Å². The molecule has 198 valence electrons. The summed E-state index contributed by atoms with van der Waals surface area (Å²) in [4.78, 5) is 39.7. The lowest BCUT2D eigenvalue weighted by molar-refractivity contribution is -0.130. The van der Waals surface area contributed by atoms with Gasteiger partial charge < -0.3 is 26.6 Å². The molecule has 1 aliphatic heterocycles. The average Bonchev–Trinajstić information content (AvgIpc) is 3.01. The van der Waals surface area contributed by atoms with Gasteiger partial charge in [-0.05, 0) is 67.6 Å². The minimum Gasteiger partial charge on any atom is -0.343 e. The molecule has 1 aliphatic rings. The maximum atomic E-state index is 14.1. The Morgan fingerprint density at radius 1 is 1.08 bits per heavy atom. The lowest BCUT2D eigenvalue weighted by Gasteiger charge is -2.28. The van der Waals surface area contributed by atoms with Crippen molar-refractivity contribution in [1.29, 1.82) is 0 Å². The van der Waals surface area contributed by atoms with E-state index in [4.69, 9.17) is 5.73 Å². The number of urea groups is 1. The number of hydrogen-bond acceptors (Lipinski definition) is 4. The van der Waals surface area contributed by atoms with E-state index in [0.717, 1.165) is 16.7 Å². The number of benzene rings is 3. The molecule has 0 saturated heterocycles. The zero-order valence-electron chi connectivity index (χ0n) is 21.7. The van der Waals surface area contributed by atoms with Crippen LogP contribution in [0.15, 0.2) is 66.7 Å². The average molecular weight is 518 g/mol. The number of carbonyl (C=O) groups is 3. The highest BCUT2D eigenvalue weighted by molar-refractivity contribution is 6.01. The number of nitrogens with two attached hydrogens (primary N) is 1. The molecule has 0 saturated carbocycles. The number of nitrogens with zero attached hydrogens (tertiary/aromatic N) is 1. The monoisotopic (exact) mass is 517 g/mol. The molecule has 0 spiro atoms. The van der Waals surface area contributed by atoms with Gasteiger partial charge in [-0.15, -0.1) is 0 Å². The highest BCUT2D eigenvalue weighted by Crippen LogP contribution is 2.31. The molecule has 5 N–H and O–H groups in total. The van der Waals surface area contributed by atoms with E-state index < -0.39 is 17.5 Å². The van der Waals surface area contributed by atoms with Gasteiger partial charge in [-0.2, -0.15) is 0 Å². The van der Waals surface area contributed by atoms with Crippen molar-refractivity contribution in [3.05, 3.63) is 83.7 Å². The highest BCUT2D eigenvalue weighted by atomic mass is 19.1. The number of carbonyl (C=O) groups excluding carboxylic acids is 3. The fourth-order valence-corrected chi connectivity index (χ4v) is 4.39. The largest absolute Gasteiger partial charge is 0.343 e. The van der Waals surface area contributed by atoms with Gasteiger partial charge in [0.1, 0.15) is 11.9 Å². The van der Waals surface area contributed by atoms with Crippen molar-refractivity contribution in [3.8, 4) is 11.1 Å². The summed E-state index contributed by atoms with van der Waals surface area (Å²) < 4.78 is 14.1. The molecule has 0 fully saturated rings. The molecule has 8 nitrogen and oxygen atoms in total. The number of fused-ring (bicyclic) bond motifs is 1. The SMILES string of the molecule is CNC(=O)Nc1ccccc1-c1ccc(CN2C(=O)[C@H](NC(=O)C(C)(C)N)CCc3cc(F)ccc32)cc1. The third-order valence-corrected chi connectivity index (χ3v) is 6.50. The Balaban J connectivity index is 1.62. The van der Waals surface area contributed by atoms with Crippen LogP contribution in [0.25, 0.3) is 11.1 Å². The molecule has 4 rings (SSSR count). The standard InChI is InChI=1S/C29H32FN5O3/c1-29(2,31)27(37)33-24-14-12-20-16-21(30)13-15-25(20)35(26(24)36)17-18-8-10-19(11-9-18)22-6-4-5-7-23(22)34-28(38)32-3/h4-11,13,15-16,24H,12,14,17,31H2,1-3H3,(H,33,37)(H2,32,34,38)/t24-/m1/s1. The topological polar surface area (TPSA) is 117 Å². The van der Waals surface area contributed by atoms with E-state index in [2.05, 4.69) is 16.0 Å². The van der Waals surface area contributed by atoms with Gasteiger partial charge in [-0.3, -0.25) is 9.59 Å². The Labute approximate surface area is 221 Å². The molecule has 0 aromatic heterocycles. The van der Waals surface area contributed by atoms with E-state index in [1.807, 2.05) is 48.5 Å². The number of hydrogen-bond donors (Lipinski definition) is 4. The number of rotatable bonds is 6. The Hall–Kier alpha value is -4.24. The number of nitrogens with one attached hydrogen (secondary N) is 3. The van der Waals surface area contributed by atoms with Gasteiger partial charge in [0.15, 0.2) is 0 Å². The van der Waals surface area contributed by atoms with Gasteiger partial charge >= 0.3 is 6.03 Å². The van der Waals surface area contributed by atoms with E-state index in [9.17, 15) is 18.8 Å². The van der Waals surface area contributed by atoms with E-state index in [1.165, 1.54) is 12.1 Å². The zero-order valence-corrected chi connectivity index (χ0v) is 21.7. The molecule has 0 radical (unpaired) electrons. The summed E-state index contributed by atoms with van der Waals surface area (Å²) in [7, 11) is 1.55. The fourth-order valence-electron chi connectivity index (χ4n) is 4.39. The molecular formula is C29H32FN5O3. The highest BCUT2D eigenvalue weighted by Gasteiger charge is 2.34. The second-order valence-electron chi connectivity index (χ2n) is 9.93. The molecule has 0 aliphatic carbocycles.